The number of piperazine rings is 1. The van der Waals surface area contributed by atoms with E-state index in [1.807, 2.05) is 6.07 Å². The molecule has 4 rings (SSSR count). The SMILES string of the molecule is C1=C(NCc2ccc3nccnc3c2)C(N2CCNCC2)=CCN1. The number of hydrogen-bond donors (Lipinski definition) is 3. The molecule has 0 bridgehead atoms. The maximum atomic E-state index is 4.38. The second kappa shape index (κ2) is 6.88. The summed E-state index contributed by atoms with van der Waals surface area (Å²) in [4.78, 5) is 11.1. The van der Waals surface area contributed by atoms with E-state index in [-0.39, 0.29) is 0 Å². The lowest BCUT2D eigenvalue weighted by Gasteiger charge is -2.34. The molecule has 2 aliphatic heterocycles. The first-order valence-electron chi connectivity index (χ1n) is 8.43. The molecule has 3 heterocycles. The van der Waals surface area contributed by atoms with Gasteiger partial charge in [0.1, 0.15) is 0 Å². The quantitative estimate of drug-likeness (QED) is 0.779. The number of dihydropyridines is 1. The summed E-state index contributed by atoms with van der Waals surface area (Å²) in [5, 5.41) is 10.3. The first kappa shape index (κ1) is 15.0. The van der Waals surface area contributed by atoms with Crippen molar-refractivity contribution in [2.45, 2.75) is 6.54 Å². The molecule has 24 heavy (non-hydrogen) atoms. The van der Waals surface area contributed by atoms with Gasteiger partial charge >= 0.3 is 0 Å². The minimum absolute atomic E-state index is 0.767. The molecular formula is C18H22N6. The summed E-state index contributed by atoms with van der Waals surface area (Å²) in [6.45, 7) is 5.84. The molecule has 0 radical (unpaired) electrons. The number of benzene rings is 1. The molecule has 0 saturated carbocycles. The highest BCUT2D eigenvalue weighted by Crippen LogP contribution is 2.17. The molecule has 0 spiro atoms. The molecule has 6 nitrogen and oxygen atoms in total. The average molecular weight is 322 g/mol. The van der Waals surface area contributed by atoms with E-state index in [1.54, 1.807) is 12.4 Å². The Balaban J connectivity index is 1.46. The molecule has 124 valence electrons. The Kier molecular flexibility index (Phi) is 4.29. The lowest BCUT2D eigenvalue weighted by molar-refractivity contribution is 0.298. The molecule has 0 aliphatic carbocycles. The summed E-state index contributed by atoms with van der Waals surface area (Å²) in [6, 6.07) is 6.23. The molecule has 1 fully saturated rings. The van der Waals surface area contributed by atoms with Crippen LogP contribution in [0.25, 0.3) is 11.0 Å². The average Bonchev–Trinajstić information content (AvgIpc) is 2.67. The van der Waals surface area contributed by atoms with Crippen LogP contribution in [0.2, 0.25) is 0 Å². The van der Waals surface area contributed by atoms with E-state index in [2.05, 4.69) is 55.2 Å². The van der Waals surface area contributed by atoms with Gasteiger partial charge in [-0.05, 0) is 23.8 Å². The third-order valence-electron chi connectivity index (χ3n) is 4.41. The van der Waals surface area contributed by atoms with Crippen molar-refractivity contribution in [3.63, 3.8) is 0 Å². The Hall–Kier alpha value is -2.60. The lowest BCUT2D eigenvalue weighted by Crippen LogP contribution is -2.45. The highest BCUT2D eigenvalue weighted by Gasteiger charge is 2.18. The molecule has 1 aromatic heterocycles. The first-order valence-corrected chi connectivity index (χ1v) is 8.43. The van der Waals surface area contributed by atoms with Crippen LogP contribution in [0.15, 0.2) is 54.3 Å². The normalized spacial score (nSPS) is 17.9. The molecule has 1 saturated heterocycles. The van der Waals surface area contributed by atoms with Crippen LogP contribution in [-0.2, 0) is 6.54 Å². The second-order valence-electron chi connectivity index (χ2n) is 6.03. The molecular weight excluding hydrogens is 300 g/mol. The van der Waals surface area contributed by atoms with Crippen LogP contribution in [0.1, 0.15) is 5.56 Å². The topological polar surface area (TPSA) is 65.1 Å². The third kappa shape index (κ3) is 3.19. The van der Waals surface area contributed by atoms with Crippen molar-refractivity contribution in [1.82, 2.24) is 30.8 Å². The van der Waals surface area contributed by atoms with E-state index >= 15 is 0 Å². The summed E-state index contributed by atoms with van der Waals surface area (Å²) in [5.74, 6) is 0. The van der Waals surface area contributed by atoms with Gasteiger partial charge in [0.2, 0.25) is 0 Å². The fraction of sp³-hybridized carbons (Fsp3) is 0.333. The summed E-state index contributed by atoms with van der Waals surface area (Å²) >= 11 is 0. The maximum Gasteiger partial charge on any atom is 0.0890 e. The van der Waals surface area contributed by atoms with E-state index in [0.29, 0.717) is 0 Å². The van der Waals surface area contributed by atoms with Crippen LogP contribution in [-0.4, -0.2) is 47.6 Å². The fourth-order valence-corrected chi connectivity index (χ4v) is 3.16. The van der Waals surface area contributed by atoms with Crippen molar-refractivity contribution < 1.29 is 0 Å². The molecule has 0 atom stereocenters. The van der Waals surface area contributed by atoms with Gasteiger partial charge in [0, 0.05) is 57.9 Å². The summed E-state index contributed by atoms with van der Waals surface area (Å²) < 4.78 is 0. The van der Waals surface area contributed by atoms with E-state index in [0.717, 1.165) is 56.0 Å². The Morgan fingerprint density at radius 2 is 1.92 bits per heavy atom. The summed E-state index contributed by atoms with van der Waals surface area (Å²) in [5.41, 5.74) is 5.53. The zero-order chi connectivity index (χ0) is 16.2. The van der Waals surface area contributed by atoms with E-state index < -0.39 is 0 Å². The minimum atomic E-state index is 0.767. The molecule has 2 aliphatic rings. The smallest absolute Gasteiger partial charge is 0.0890 e. The zero-order valence-corrected chi connectivity index (χ0v) is 13.6. The van der Waals surface area contributed by atoms with Gasteiger partial charge in [0.15, 0.2) is 0 Å². The van der Waals surface area contributed by atoms with Crippen LogP contribution in [0.4, 0.5) is 0 Å². The molecule has 0 amide bonds. The number of nitrogens with one attached hydrogen (secondary N) is 3. The highest BCUT2D eigenvalue weighted by molar-refractivity contribution is 5.74. The molecule has 2 aromatic rings. The van der Waals surface area contributed by atoms with Gasteiger partial charge in [-0.1, -0.05) is 6.07 Å². The highest BCUT2D eigenvalue weighted by atomic mass is 15.2. The van der Waals surface area contributed by atoms with E-state index in [1.165, 1.54) is 11.3 Å². The lowest BCUT2D eigenvalue weighted by atomic mass is 10.1. The van der Waals surface area contributed by atoms with Crippen molar-refractivity contribution in [3.05, 3.63) is 59.8 Å². The third-order valence-corrected chi connectivity index (χ3v) is 4.41. The van der Waals surface area contributed by atoms with Crippen molar-refractivity contribution in [3.8, 4) is 0 Å². The number of hydrogen-bond acceptors (Lipinski definition) is 6. The number of rotatable bonds is 4. The number of nitrogens with zero attached hydrogens (tertiary/aromatic N) is 3. The minimum Gasteiger partial charge on any atom is -0.386 e. The molecule has 1 aromatic carbocycles. The Morgan fingerprint density at radius 1 is 1.08 bits per heavy atom. The van der Waals surface area contributed by atoms with Crippen molar-refractivity contribution in [1.29, 1.82) is 0 Å². The standard InChI is InChI=1S/C18H22N6/c1-2-15-16(22-6-5-21-15)11-14(1)12-23-17-13-20-4-3-18(17)24-9-7-19-8-10-24/h1-3,5-6,11,13,19-20,23H,4,7-10,12H2. The summed E-state index contributed by atoms with van der Waals surface area (Å²) in [6.07, 6.45) is 7.80. The summed E-state index contributed by atoms with van der Waals surface area (Å²) in [7, 11) is 0. The van der Waals surface area contributed by atoms with Crippen LogP contribution < -0.4 is 16.0 Å². The van der Waals surface area contributed by atoms with Gasteiger partial charge in [-0.2, -0.15) is 0 Å². The first-order chi connectivity index (χ1) is 11.9. The van der Waals surface area contributed by atoms with E-state index in [4.69, 9.17) is 0 Å². The van der Waals surface area contributed by atoms with Crippen LogP contribution in [0.5, 0.6) is 0 Å². The monoisotopic (exact) mass is 322 g/mol. The molecule has 6 heteroatoms. The molecule has 0 unspecified atom stereocenters. The van der Waals surface area contributed by atoms with Gasteiger partial charge in [0.05, 0.1) is 22.4 Å². The van der Waals surface area contributed by atoms with Crippen molar-refractivity contribution in [2.24, 2.45) is 0 Å². The van der Waals surface area contributed by atoms with Gasteiger partial charge in [-0.3, -0.25) is 9.97 Å². The van der Waals surface area contributed by atoms with Crippen LogP contribution >= 0.6 is 0 Å². The largest absolute Gasteiger partial charge is 0.386 e. The Labute approximate surface area is 141 Å². The maximum absolute atomic E-state index is 4.38. The fourth-order valence-electron chi connectivity index (χ4n) is 3.16. The van der Waals surface area contributed by atoms with Crippen LogP contribution in [0.3, 0.4) is 0 Å². The van der Waals surface area contributed by atoms with Crippen molar-refractivity contribution in [2.75, 3.05) is 32.7 Å². The number of fused-ring (bicyclic) bond motifs is 1. The predicted molar refractivity (Wildman–Crippen MR) is 95.0 cm³/mol. The van der Waals surface area contributed by atoms with Gasteiger partial charge < -0.3 is 20.9 Å². The predicted octanol–water partition coefficient (Wildman–Crippen LogP) is 0.953. The number of aromatic nitrogens is 2. The van der Waals surface area contributed by atoms with E-state index in [9.17, 15) is 0 Å². The van der Waals surface area contributed by atoms with Gasteiger partial charge in [-0.15, -0.1) is 0 Å². The Bertz CT molecular complexity index is 776. The zero-order valence-electron chi connectivity index (χ0n) is 13.6. The second-order valence-corrected chi connectivity index (χ2v) is 6.03. The Morgan fingerprint density at radius 3 is 2.79 bits per heavy atom. The van der Waals surface area contributed by atoms with Crippen molar-refractivity contribution >= 4 is 11.0 Å². The molecule has 3 N–H and O–H groups in total. The van der Waals surface area contributed by atoms with Gasteiger partial charge in [-0.25, -0.2) is 0 Å². The van der Waals surface area contributed by atoms with Crippen LogP contribution in [0, 0.1) is 0 Å². The van der Waals surface area contributed by atoms with Gasteiger partial charge in [0.25, 0.3) is 0 Å².